The van der Waals surface area contributed by atoms with Crippen LogP contribution in [0.3, 0.4) is 0 Å². The van der Waals surface area contributed by atoms with Gasteiger partial charge in [-0.15, -0.1) is 0 Å². The number of aromatic amines is 1. The van der Waals surface area contributed by atoms with Gasteiger partial charge in [-0.2, -0.15) is 23.5 Å². The molecule has 14 heavy (non-hydrogen) atoms. The van der Waals surface area contributed by atoms with Crippen molar-refractivity contribution in [2.75, 3.05) is 23.8 Å². The Kier molecular flexibility index (Phi) is 4.21. The minimum absolute atomic E-state index is 0.789. The minimum atomic E-state index is 0.789. The van der Waals surface area contributed by atoms with Gasteiger partial charge in [-0.3, -0.25) is 0 Å². The molecule has 1 saturated heterocycles. The Morgan fingerprint density at radius 2 is 2.57 bits per heavy atom. The summed E-state index contributed by atoms with van der Waals surface area (Å²) in [6.07, 6.45) is 3.60. The quantitative estimate of drug-likeness (QED) is 0.817. The Morgan fingerprint density at radius 1 is 1.57 bits per heavy atom. The number of hydrogen-bond donors (Lipinski definition) is 2. The van der Waals surface area contributed by atoms with E-state index in [0.717, 1.165) is 18.3 Å². The molecule has 0 aromatic carbocycles. The summed E-state index contributed by atoms with van der Waals surface area (Å²) < 4.78 is 0. The van der Waals surface area contributed by atoms with E-state index >= 15 is 0 Å². The lowest BCUT2D eigenvalue weighted by atomic mass is 10.4. The Balaban J connectivity index is 1.62. The third-order valence-electron chi connectivity index (χ3n) is 2.13. The highest BCUT2D eigenvalue weighted by atomic mass is 32.2. The SMILES string of the molecule is c1ncc(CNCC2CSCCS2)[nH]1. The molecule has 0 bridgehead atoms. The molecule has 3 nitrogen and oxygen atoms in total. The third-order valence-corrected chi connectivity index (χ3v) is 4.97. The molecule has 1 aromatic rings. The lowest BCUT2D eigenvalue weighted by Crippen LogP contribution is -2.28. The van der Waals surface area contributed by atoms with Crippen molar-refractivity contribution in [1.29, 1.82) is 0 Å². The molecule has 1 aliphatic heterocycles. The molecule has 2 N–H and O–H groups in total. The van der Waals surface area contributed by atoms with Crippen molar-refractivity contribution in [1.82, 2.24) is 15.3 Å². The number of thioether (sulfide) groups is 2. The largest absolute Gasteiger partial charge is 0.347 e. The summed E-state index contributed by atoms with van der Waals surface area (Å²) in [5.41, 5.74) is 1.17. The van der Waals surface area contributed by atoms with Crippen LogP contribution < -0.4 is 5.32 Å². The summed E-state index contributed by atoms with van der Waals surface area (Å²) >= 11 is 4.16. The highest BCUT2D eigenvalue weighted by Gasteiger charge is 2.13. The predicted octanol–water partition coefficient (Wildman–Crippen LogP) is 1.35. The first-order chi connectivity index (χ1) is 6.95. The predicted molar refractivity (Wildman–Crippen MR) is 63.9 cm³/mol. The average molecular weight is 229 g/mol. The van der Waals surface area contributed by atoms with Gasteiger partial charge in [0.15, 0.2) is 0 Å². The molecule has 1 fully saturated rings. The number of nitrogens with one attached hydrogen (secondary N) is 2. The van der Waals surface area contributed by atoms with E-state index in [2.05, 4.69) is 38.8 Å². The minimum Gasteiger partial charge on any atom is -0.347 e. The summed E-state index contributed by atoms with van der Waals surface area (Å²) in [6, 6.07) is 0. The van der Waals surface area contributed by atoms with Gasteiger partial charge in [0.1, 0.15) is 0 Å². The second-order valence-electron chi connectivity index (χ2n) is 3.28. The number of hydrogen-bond acceptors (Lipinski definition) is 4. The van der Waals surface area contributed by atoms with Gasteiger partial charge in [0.05, 0.1) is 6.33 Å². The number of H-pyrrole nitrogens is 1. The van der Waals surface area contributed by atoms with Gasteiger partial charge in [0.25, 0.3) is 0 Å². The maximum atomic E-state index is 3.98. The molecule has 1 aliphatic rings. The Hall–Kier alpha value is -0.130. The fourth-order valence-electron chi connectivity index (χ4n) is 1.40. The van der Waals surface area contributed by atoms with E-state index < -0.39 is 0 Å². The van der Waals surface area contributed by atoms with E-state index in [1.807, 2.05) is 6.20 Å². The first-order valence-corrected chi connectivity index (χ1v) is 7.03. The second-order valence-corrected chi connectivity index (χ2v) is 5.83. The standard InChI is InChI=1S/C9H15N3S2/c1-2-14-9(6-13-1)5-10-3-8-4-11-7-12-8/h4,7,9-10H,1-3,5-6H2,(H,11,12). The lowest BCUT2D eigenvalue weighted by Gasteiger charge is -2.20. The topological polar surface area (TPSA) is 40.7 Å². The first kappa shape index (κ1) is 10.4. The van der Waals surface area contributed by atoms with Crippen LogP contribution in [0.5, 0.6) is 0 Å². The molecule has 2 heterocycles. The normalized spacial score (nSPS) is 22.4. The first-order valence-electron chi connectivity index (χ1n) is 4.82. The zero-order chi connectivity index (χ0) is 9.64. The van der Waals surface area contributed by atoms with Crippen LogP contribution in [0.2, 0.25) is 0 Å². The van der Waals surface area contributed by atoms with Gasteiger partial charge >= 0.3 is 0 Å². The monoisotopic (exact) mass is 229 g/mol. The van der Waals surface area contributed by atoms with E-state index in [0.29, 0.717) is 0 Å². The summed E-state index contributed by atoms with van der Waals surface area (Å²) in [6.45, 7) is 2.01. The molecule has 1 aromatic heterocycles. The Labute approximate surface area is 92.8 Å². The summed E-state index contributed by atoms with van der Waals surface area (Å²) in [7, 11) is 0. The van der Waals surface area contributed by atoms with Crippen molar-refractivity contribution in [3.8, 4) is 0 Å². The lowest BCUT2D eigenvalue weighted by molar-refractivity contribution is 0.676. The molecule has 1 atom stereocenters. The smallest absolute Gasteiger partial charge is 0.0922 e. The van der Waals surface area contributed by atoms with E-state index in [9.17, 15) is 0 Å². The van der Waals surface area contributed by atoms with Gasteiger partial charge in [-0.05, 0) is 0 Å². The number of imidazole rings is 1. The van der Waals surface area contributed by atoms with Gasteiger partial charge < -0.3 is 10.3 Å². The van der Waals surface area contributed by atoms with Crippen LogP contribution in [0.4, 0.5) is 0 Å². The fourth-order valence-corrected chi connectivity index (χ4v) is 4.05. The molecule has 5 heteroatoms. The van der Waals surface area contributed by atoms with E-state index in [4.69, 9.17) is 0 Å². The Bertz CT molecular complexity index is 245. The maximum Gasteiger partial charge on any atom is 0.0922 e. The zero-order valence-corrected chi connectivity index (χ0v) is 9.66. The maximum absolute atomic E-state index is 3.98. The van der Waals surface area contributed by atoms with Crippen molar-refractivity contribution in [3.05, 3.63) is 18.2 Å². The van der Waals surface area contributed by atoms with Crippen LogP contribution in [0.1, 0.15) is 5.69 Å². The molecular formula is C9H15N3S2. The molecule has 1 unspecified atom stereocenters. The molecule has 2 rings (SSSR count). The molecule has 0 saturated carbocycles. The van der Waals surface area contributed by atoms with Crippen LogP contribution in [0, 0.1) is 0 Å². The molecule has 0 aliphatic carbocycles. The van der Waals surface area contributed by atoms with Crippen molar-refractivity contribution in [2.45, 2.75) is 11.8 Å². The van der Waals surface area contributed by atoms with Crippen LogP contribution in [-0.4, -0.2) is 39.0 Å². The third kappa shape index (κ3) is 3.22. The van der Waals surface area contributed by atoms with E-state index in [1.54, 1.807) is 6.33 Å². The molecule has 0 radical (unpaired) electrons. The second kappa shape index (κ2) is 5.68. The van der Waals surface area contributed by atoms with E-state index in [1.165, 1.54) is 23.0 Å². The summed E-state index contributed by atoms with van der Waals surface area (Å²) in [5.74, 6) is 3.92. The highest BCUT2D eigenvalue weighted by molar-refractivity contribution is 8.06. The van der Waals surface area contributed by atoms with Crippen LogP contribution in [-0.2, 0) is 6.54 Å². The van der Waals surface area contributed by atoms with E-state index in [-0.39, 0.29) is 0 Å². The fraction of sp³-hybridized carbons (Fsp3) is 0.667. The molecule has 0 amide bonds. The highest BCUT2D eigenvalue weighted by Crippen LogP contribution is 2.23. The van der Waals surface area contributed by atoms with Crippen molar-refractivity contribution in [3.63, 3.8) is 0 Å². The van der Waals surface area contributed by atoms with Crippen LogP contribution >= 0.6 is 23.5 Å². The van der Waals surface area contributed by atoms with Crippen LogP contribution in [0.25, 0.3) is 0 Å². The van der Waals surface area contributed by atoms with Gasteiger partial charge in [0, 0.05) is 47.5 Å². The van der Waals surface area contributed by atoms with Gasteiger partial charge in [-0.1, -0.05) is 0 Å². The number of aromatic nitrogens is 2. The van der Waals surface area contributed by atoms with Gasteiger partial charge in [0.2, 0.25) is 0 Å². The summed E-state index contributed by atoms with van der Waals surface area (Å²) in [5, 5.41) is 4.24. The summed E-state index contributed by atoms with van der Waals surface area (Å²) in [4.78, 5) is 7.07. The molecule has 0 spiro atoms. The zero-order valence-electron chi connectivity index (χ0n) is 8.03. The van der Waals surface area contributed by atoms with Gasteiger partial charge in [-0.25, -0.2) is 4.98 Å². The van der Waals surface area contributed by atoms with Crippen LogP contribution in [0.15, 0.2) is 12.5 Å². The van der Waals surface area contributed by atoms with Crippen molar-refractivity contribution in [2.24, 2.45) is 0 Å². The average Bonchev–Trinajstić information content (AvgIpc) is 2.72. The molecule has 78 valence electrons. The van der Waals surface area contributed by atoms with Crippen molar-refractivity contribution < 1.29 is 0 Å². The molecular weight excluding hydrogens is 214 g/mol. The number of nitrogens with zero attached hydrogens (tertiary/aromatic N) is 1. The Morgan fingerprint density at radius 3 is 3.29 bits per heavy atom. The van der Waals surface area contributed by atoms with Crippen molar-refractivity contribution >= 4 is 23.5 Å². The number of rotatable bonds is 4.